The topological polar surface area (TPSA) is 71.1 Å². The predicted octanol–water partition coefficient (Wildman–Crippen LogP) is 3.35. The minimum Gasteiger partial charge on any atom is -0.368 e. The van der Waals surface area contributed by atoms with E-state index < -0.39 is 5.60 Å². The first-order chi connectivity index (χ1) is 14.5. The summed E-state index contributed by atoms with van der Waals surface area (Å²) in [6.45, 7) is 5.69. The van der Waals surface area contributed by atoms with E-state index in [2.05, 4.69) is 9.97 Å². The minimum absolute atomic E-state index is 0.0630. The number of nitrogens with zero attached hydrogens (tertiary/aromatic N) is 3. The normalized spacial score (nSPS) is 18.0. The zero-order valence-corrected chi connectivity index (χ0v) is 17.3. The molecule has 1 amide bonds. The third-order valence-corrected chi connectivity index (χ3v) is 6.52. The molecule has 156 valence electrons. The van der Waals surface area contributed by atoms with Gasteiger partial charge in [0.25, 0.3) is 0 Å². The Morgan fingerprint density at radius 2 is 2.10 bits per heavy atom. The summed E-state index contributed by atoms with van der Waals surface area (Å²) in [5.41, 5.74) is 3.92. The molecule has 5 rings (SSSR count). The van der Waals surface area contributed by atoms with Crippen molar-refractivity contribution in [1.82, 2.24) is 19.9 Å². The number of hydrogen-bond donors (Lipinski definition) is 1. The second-order valence-electron chi connectivity index (χ2n) is 8.33. The molecule has 0 bridgehead atoms. The first-order valence-electron chi connectivity index (χ1n) is 10.5. The van der Waals surface area contributed by atoms with Gasteiger partial charge in [0.1, 0.15) is 17.2 Å². The van der Waals surface area contributed by atoms with Gasteiger partial charge in [-0.15, -0.1) is 0 Å². The average molecular weight is 408 g/mol. The smallest absolute Gasteiger partial charge is 0.227 e. The Bertz CT molecular complexity index is 1130. The van der Waals surface area contributed by atoms with E-state index in [0.29, 0.717) is 25.2 Å². The van der Waals surface area contributed by atoms with Gasteiger partial charge in [-0.25, -0.2) is 14.4 Å². The van der Waals surface area contributed by atoms with Gasteiger partial charge in [-0.05, 0) is 50.3 Å². The number of aromatic nitrogens is 3. The number of amides is 1. The number of piperidine rings is 1. The number of benzene rings is 1. The molecule has 3 aromatic rings. The van der Waals surface area contributed by atoms with Gasteiger partial charge in [0.2, 0.25) is 5.91 Å². The van der Waals surface area contributed by atoms with Crippen molar-refractivity contribution in [1.29, 1.82) is 0 Å². The summed E-state index contributed by atoms with van der Waals surface area (Å²) in [6, 6.07) is 4.98. The number of H-pyrrole nitrogens is 1. The maximum atomic E-state index is 14.1. The summed E-state index contributed by atoms with van der Waals surface area (Å²) < 4.78 is 20.3. The molecule has 0 unspecified atom stereocenters. The van der Waals surface area contributed by atoms with Crippen molar-refractivity contribution in [2.24, 2.45) is 0 Å². The van der Waals surface area contributed by atoms with Gasteiger partial charge in [-0.3, -0.25) is 4.79 Å². The maximum absolute atomic E-state index is 14.1. The van der Waals surface area contributed by atoms with Crippen LogP contribution in [0.1, 0.15) is 41.2 Å². The summed E-state index contributed by atoms with van der Waals surface area (Å²) in [5.74, 6) is 0.520. The number of aryl methyl sites for hydroxylation is 2. The summed E-state index contributed by atoms with van der Waals surface area (Å²) in [6.07, 6.45) is 4.46. The second-order valence-corrected chi connectivity index (χ2v) is 8.33. The van der Waals surface area contributed by atoms with Crippen LogP contribution in [-0.2, 0) is 28.0 Å². The third-order valence-electron chi connectivity index (χ3n) is 6.52. The van der Waals surface area contributed by atoms with Crippen molar-refractivity contribution < 1.29 is 13.9 Å². The van der Waals surface area contributed by atoms with E-state index in [-0.39, 0.29) is 18.1 Å². The Balaban J connectivity index is 1.34. The largest absolute Gasteiger partial charge is 0.368 e. The van der Waals surface area contributed by atoms with Gasteiger partial charge < -0.3 is 14.6 Å². The second kappa shape index (κ2) is 7.16. The van der Waals surface area contributed by atoms with Crippen molar-refractivity contribution >= 4 is 16.8 Å². The number of nitrogens with one attached hydrogen (secondary N) is 1. The van der Waals surface area contributed by atoms with Crippen LogP contribution in [0.15, 0.2) is 24.4 Å². The highest BCUT2D eigenvalue weighted by Gasteiger charge is 2.43. The van der Waals surface area contributed by atoms with Crippen LogP contribution < -0.4 is 0 Å². The molecule has 6 nitrogen and oxygen atoms in total. The van der Waals surface area contributed by atoms with Crippen molar-refractivity contribution in [2.45, 2.75) is 45.1 Å². The zero-order valence-electron chi connectivity index (χ0n) is 17.3. The number of aromatic amines is 1. The van der Waals surface area contributed by atoms with Crippen molar-refractivity contribution in [3.63, 3.8) is 0 Å². The van der Waals surface area contributed by atoms with E-state index >= 15 is 0 Å². The number of para-hydroxylation sites is 1. The summed E-state index contributed by atoms with van der Waals surface area (Å²) in [7, 11) is 0. The molecule has 1 saturated heterocycles. The van der Waals surface area contributed by atoms with Crippen LogP contribution in [0.2, 0.25) is 0 Å². The van der Waals surface area contributed by atoms with E-state index in [4.69, 9.17) is 9.72 Å². The molecular formula is C23H25FN4O2. The fraction of sp³-hybridized carbons (Fsp3) is 0.435. The van der Waals surface area contributed by atoms with E-state index in [1.165, 1.54) is 6.07 Å². The molecule has 0 saturated carbocycles. The summed E-state index contributed by atoms with van der Waals surface area (Å²) in [4.78, 5) is 27.1. The lowest BCUT2D eigenvalue weighted by Gasteiger charge is -2.44. The molecule has 2 aliphatic rings. The lowest BCUT2D eigenvalue weighted by atomic mass is 9.83. The lowest BCUT2D eigenvalue weighted by Crippen LogP contribution is -2.49. The molecule has 0 aliphatic carbocycles. The van der Waals surface area contributed by atoms with Crippen LogP contribution in [0.4, 0.5) is 4.39 Å². The summed E-state index contributed by atoms with van der Waals surface area (Å²) in [5, 5.41) is 0.783. The standard InChI is InChI=1S/C23H25FN4O2/c1-14-18(17-4-3-5-19(24)21(17)26-14)12-20(29)28-9-7-23(8-10-28)22-16(6-11-30-23)13-25-15(2)27-22/h3-5,13,26H,6-12H2,1-2H3. The fourth-order valence-electron chi connectivity index (χ4n) is 4.85. The SMILES string of the molecule is Cc1ncc2c(n1)C1(CCN(C(=O)Cc3c(C)[nH]c4c(F)cccc34)CC1)OCC2. The molecule has 2 aliphatic heterocycles. The van der Waals surface area contributed by atoms with Crippen LogP contribution >= 0.6 is 0 Å². The zero-order chi connectivity index (χ0) is 20.9. The molecule has 1 spiro atoms. The number of ether oxygens (including phenoxy) is 1. The lowest BCUT2D eigenvalue weighted by molar-refractivity contribution is -0.140. The van der Waals surface area contributed by atoms with Crippen LogP contribution in [0.3, 0.4) is 0 Å². The Hall–Kier alpha value is -2.80. The predicted molar refractivity (Wildman–Crippen MR) is 111 cm³/mol. The number of fused-ring (bicyclic) bond motifs is 3. The van der Waals surface area contributed by atoms with E-state index in [9.17, 15) is 9.18 Å². The number of hydrogen-bond acceptors (Lipinski definition) is 4. The number of rotatable bonds is 2. The molecule has 0 atom stereocenters. The average Bonchev–Trinajstić information content (AvgIpc) is 3.06. The van der Waals surface area contributed by atoms with Gasteiger partial charge in [0, 0.05) is 30.4 Å². The van der Waals surface area contributed by atoms with Gasteiger partial charge >= 0.3 is 0 Å². The number of carbonyl (C=O) groups is 1. The first-order valence-corrected chi connectivity index (χ1v) is 10.5. The summed E-state index contributed by atoms with van der Waals surface area (Å²) >= 11 is 0. The fourth-order valence-corrected chi connectivity index (χ4v) is 4.85. The van der Waals surface area contributed by atoms with Crippen LogP contribution in [0, 0.1) is 19.7 Å². The molecule has 0 radical (unpaired) electrons. The van der Waals surface area contributed by atoms with Gasteiger partial charge in [-0.1, -0.05) is 12.1 Å². The molecule has 1 fully saturated rings. The molecule has 2 aromatic heterocycles. The Kier molecular flexibility index (Phi) is 4.58. The van der Waals surface area contributed by atoms with Gasteiger partial charge in [0.15, 0.2) is 0 Å². The Labute approximate surface area is 174 Å². The maximum Gasteiger partial charge on any atom is 0.227 e. The van der Waals surface area contributed by atoms with Crippen LogP contribution in [0.5, 0.6) is 0 Å². The monoisotopic (exact) mass is 408 g/mol. The Morgan fingerprint density at radius 1 is 1.30 bits per heavy atom. The van der Waals surface area contributed by atoms with E-state index in [0.717, 1.165) is 53.0 Å². The molecular weight excluding hydrogens is 383 g/mol. The van der Waals surface area contributed by atoms with Crippen molar-refractivity contribution in [3.05, 3.63) is 58.6 Å². The number of carbonyl (C=O) groups excluding carboxylic acids is 1. The van der Waals surface area contributed by atoms with Gasteiger partial charge in [-0.2, -0.15) is 0 Å². The quantitative estimate of drug-likeness (QED) is 0.706. The van der Waals surface area contributed by atoms with E-state index in [1.807, 2.05) is 31.0 Å². The van der Waals surface area contributed by atoms with Crippen LogP contribution in [-0.4, -0.2) is 45.5 Å². The third kappa shape index (κ3) is 3.08. The molecule has 30 heavy (non-hydrogen) atoms. The molecule has 7 heteroatoms. The highest BCUT2D eigenvalue weighted by molar-refractivity contribution is 5.90. The first kappa shape index (κ1) is 19.2. The Morgan fingerprint density at radius 3 is 2.90 bits per heavy atom. The van der Waals surface area contributed by atoms with Crippen molar-refractivity contribution in [2.75, 3.05) is 19.7 Å². The van der Waals surface area contributed by atoms with E-state index in [1.54, 1.807) is 6.07 Å². The van der Waals surface area contributed by atoms with Crippen molar-refractivity contribution in [3.8, 4) is 0 Å². The number of likely N-dealkylation sites (tertiary alicyclic amines) is 1. The minimum atomic E-state index is -0.419. The number of halogens is 1. The molecule has 1 aromatic carbocycles. The highest BCUT2D eigenvalue weighted by Crippen LogP contribution is 2.40. The molecule has 4 heterocycles. The van der Waals surface area contributed by atoms with Crippen LogP contribution in [0.25, 0.3) is 10.9 Å². The molecule has 1 N–H and O–H groups in total. The highest BCUT2D eigenvalue weighted by atomic mass is 19.1. The van der Waals surface area contributed by atoms with Gasteiger partial charge in [0.05, 0.1) is 24.2 Å².